The van der Waals surface area contributed by atoms with Crippen LogP contribution in [-0.2, 0) is 11.3 Å². The Morgan fingerprint density at radius 3 is 2.66 bits per heavy atom. The molecule has 0 unspecified atom stereocenters. The van der Waals surface area contributed by atoms with Crippen molar-refractivity contribution in [3.05, 3.63) is 95.6 Å². The summed E-state index contributed by atoms with van der Waals surface area (Å²) in [5, 5.41) is 19.7. The normalized spacial score (nSPS) is 11.1. The smallest absolute Gasteiger partial charge is 0.254 e. The Morgan fingerprint density at radius 1 is 1.17 bits per heavy atom. The van der Waals surface area contributed by atoms with Crippen LogP contribution in [0.1, 0.15) is 22.5 Å². The van der Waals surface area contributed by atoms with Crippen LogP contribution in [0, 0.1) is 18.3 Å². The zero-order chi connectivity index (χ0) is 24.8. The molecule has 0 bridgehead atoms. The molecule has 0 aliphatic heterocycles. The van der Waals surface area contributed by atoms with Crippen molar-refractivity contribution >= 4 is 17.3 Å². The van der Waals surface area contributed by atoms with E-state index in [4.69, 9.17) is 16.1 Å². The molecule has 0 saturated heterocycles. The van der Waals surface area contributed by atoms with Gasteiger partial charge < -0.3 is 16.4 Å². The monoisotopic (exact) mass is 464 g/mol. The SMILES string of the molecule is CNC(=O)C(=CN)c1cc(-c2cc(NCc3ccc(C#N)cc3)nn2-c2cccc(C)n2)ccn1. The molecule has 4 rings (SSSR count). The van der Waals surface area contributed by atoms with Crippen LogP contribution in [0.25, 0.3) is 22.6 Å². The fourth-order valence-electron chi connectivity index (χ4n) is 3.53. The Labute approximate surface area is 203 Å². The van der Waals surface area contributed by atoms with Crippen LogP contribution in [0.2, 0.25) is 0 Å². The number of aryl methyl sites for hydroxylation is 1. The quantitative estimate of drug-likeness (QED) is 0.358. The number of hydrogen-bond donors (Lipinski definition) is 3. The minimum atomic E-state index is -0.323. The Kier molecular flexibility index (Phi) is 6.83. The van der Waals surface area contributed by atoms with E-state index in [1.165, 1.54) is 6.20 Å². The molecule has 0 radical (unpaired) electrons. The van der Waals surface area contributed by atoms with Crippen LogP contribution in [0.4, 0.5) is 5.82 Å². The van der Waals surface area contributed by atoms with Gasteiger partial charge in [-0.15, -0.1) is 5.10 Å². The molecule has 4 N–H and O–H groups in total. The second-order valence-corrected chi connectivity index (χ2v) is 7.72. The number of anilines is 1. The molecule has 0 aliphatic carbocycles. The lowest BCUT2D eigenvalue weighted by Crippen LogP contribution is -2.20. The highest BCUT2D eigenvalue weighted by atomic mass is 16.1. The Morgan fingerprint density at radius 2 is 1.97 bits per heavy atom. The Balaban J connectivity index is 1.73. The summed E-state index contributed by atoms with van der Waals surface area (Å²) < 4.78 is 1.75. The van der Waals surface area contributed by atoms with Crippen LogP contribution >= 0.6 is 0 Å². The largest absolute Gasteiger partial charge is 0.404 e. The zero-order valence-electron chi connectivity index (χ0n) is 19.4. The number of pyridine rings is 2. The number of amides is 1. The average Bonchev–Trinajstić information content (AvgIpc) is 3.33. The van der Waals surface area contributed by atoms with Crippen molar-refractivity contribution in [2.45, 2.75) is 13.5 Å². The van der Waals surface area contributed by atoms with E-state index in [-0.39, 0.29) is 11.5 Å². The van der Waals surface area contributed by atoms with Crippen LogP contribution < -0.4 is 16.4 Å². The molecule has 3 heterocycles. The maximum atomic E-state index is 12.2. The van der Waals surface area contributed by atoms with Gasteiger partial charge >= 0.3 is 0 Å². The third-order valence-electron chi connectivity index (χ3n) is 5.33. The molecule has 1 amide bonds. The molecule has 0 aliphatic rings. The highest BCUT2D eigenvalue weighted by molar-refractivity contribution is 6.18. The van der Waals surface area contributed by atoms with Gasteiger partial charge in [0.25, 0.3) is 5.91 Å². The van der Waals surface area contributed by atoms with Crippen LogP contribution in [0.3, 0.4) is 0 Å². The number of likely N-dealkylation sites (N-methyl/N-ethyl adjacent to an activating group) is 1. The summed E-state index contributed by atoms with van der Waals surface area (Å²) in [7, 11) is 1.54. The summed E-state index contributed by atoms with van der Waals surface area (Å²) >= 11 is 0. The molecule has 0 spiro atoms. The van der Waals surface area contributed by atoms with E-state index >= 15 is 0 Å². The lowest BCUT2D eigenvalue weighted by atomic mass is 10.1. The second-order valence-electron chi connectivity index (χ2n) is 7.72. The molecule has 9 heteroatoms. The first kappa shape index (κ1) is 23.2. The minimum Gasteiger partial charge on any atom is -0.404 e. The number of benzene rings is 1. The molecule has 174 valence electrons. The highest BCUT2D eigenvalue weighted by Gasteiger charge is 2.17. The summed E-state index contributed by atoms with van der Waals surface area (Å²) in [5.41, 5.74) is 10.5. The molecule has 1 aromatic carbocycles. The molecule has 0 saturated carbocycles. The minimum absolute atomic E-state index is 0.272. The first-order chi connectivity index (χ1) is 17.0. The third-order valence-corrected chi connectivity index (χ3v) is 5.33. The lowest BCUT2D eigenvalue weighted by molar-refractivity contribution is -0.115. The molecular formula is C26H24N8O. The molecule has 9 nitrogen and oxygen atoms in total. The molecule has 0 atom stereocenters. The number of carbonyl (C=O) groups is 1. The fraction of sp³-hybridized carbons (Fsp3) is 0.115. The van der Waals surface area contributed by atoms with Gasteiger partial charge in [-0.1, -0.05) is 18.2 Å². The van der Waals surface area contributed by atoms with Gasteiger partial charge in [0.1, 0.15) is 5.82 Å². The summed E-state index contributed by atoms with van der Waals surface area (Å²) in [6, 6.07) is 20.8. The standard InChI is InChI=1S/C26H24N8O/c1-17-4-3-5-25(32-17)34-23(20-10-11-30-22(12-20)21(15-28)26(35)29-2)13-24(33-34)31-16-19-8-6-18(14-27)7-9-19/h3-13,15H,16,28H2,1-2H3,(H,29,35)(H,31,33). The van der Waals surface area contributed by atoms with Crippen molar-refractivity contribution < 1.29 is 4.79 Å². The van der Waals surface area contributed by atoms with E-state index in [0.29, 0.717) is 29.4 Å². The second kappa shape index (κ2) is 10.3. The number of nitriles is 1. The number of aromatic nitrogens is 4. The summed E-state index contributed by atoms with van der Waals surface area (Å²) in [6.45, 7) is 2.45. The molecule has 0 fully saturated rings. The molecule has 35 heavy (non-hydrogen) atoms. The van der Waals surface area contributed by atoms with Crippen molar-refractivity contribution in [1.29, 1.82) is 5.26 Å². The van der Waals surface area contributed by atoms with Crippen molar-refractivity contribution in [1.82, 2.24) is 25.1 Å². The number of nitrogens with one attached hydrogen (secondary N) is 2. The maximum absolute atomic E-state index is 12.2. The summed E-state index contributed by atoms with van der Waals surface area (Å²) in [4.78, 5) is 21.2. The van der Waals surface area contributed by atoms with Crippen molar-refractivity contribution in [2.24, 2.45) is 5.73 Å². The highest BCUT2D eigenvalue weighted by Crippen LogP contribution is 2.27. The number of hydrogen-bond acceptors (Lipinski definition) is 7. The van der Waals surface area contributed by atoms with Gasteiger partial charge in [-0.3, -0.25) is 9.78 Å². The van der Waals surface area contributed by atoms with Gasteiger partial charge in [-0.25, -0.2) is 9.67 Å². The van der Waals surface area contributed by atoms with E-state index in [0.717, 1.165) is 22.5 Å². The first-order valence-corrected chi connectivity index (χ1v) is 10.9. The molecule has 3 aromatic heterocycles. The van der Waals surface area contributed by atoms with Crippen LogP contribution in [0.5, 0.6) is 0 Å². The number of nitrogens with zero attached hydrogens (tertiary/aromatic N) is 5. The predicted molar refractivity (Wildman–Crippen MR) is 134 cm³/mol. The van der Waals surface area contributed by atoms with E-state index in [1.807, 2.05) is 49.4 Å². The molecular weight excluding hydrogens is 440 g/mol. The van der Waals surface area contributed by atoms with E-state index < -0.39 is 0 Å². The summed E-state index contributed by atoms with van der Waals surface area (Å²) in [6.07, 6.45) is 2.87. The fourth-order valence-corrected chi connectivity index (χ4v) is 3.53. The van der Waals surface area contributed by atoms with E-state index in [9.17, 15) is 4.79 Å². The topological polar surface area (TPSA) is 135 Å². The van der Waals surface area contributed by atoms with Gasteiger partial charge in [0.2, 0.25) is 0 Å². The third kappa shape index (κ3) is 5.17. The number of carbonyl (C=O) groups excluding carboxylic acids is 1. The van der Waals surface area contributed by atoms with Gasteiger partial charge in [-0.05, 0) is 48.9 Å². The Bertz CT molecular complexity index is 1430. The maximum Gasteiger partial charge on any atom is 0.254 e. The zero-order valence-corrected chi connectivity index (χ0v) is 19.4. The van der Waals surface area contributed by atoms with E-state index in [2.05, 4.69) is 26.7 Å². The average molecular weight is 465 g/mol. The molecule has 4 aromatic rings. The van der Waals surface area contributed by atoms with Gasteiger partial charge in [0.05, 0.1) is 28.6 Å². The van der Waals surface area contributed by atoms with Gasteiger partial charge in [-0.2, -0.15) is 5.26 Å². The number of nitrogens with two attached hydrogens (primary N) is 1. The lowest BCUT2D eigenvalue weighted by Gasteiger charge is -2.09. The van der Waals surface area contributed by atoms with Crippen molar-refractivity contribution in [3.63, 3.8) is 0 Å². The predicted octanol–water partition coefficient (Wildman–Crippen LogP) is 3.17. The van der Waals surface area contributed by atoms with Crippen LogP contribution in [-0.4, -0.2) is 32.7 Å². The number of rotatable bonds is 7. The van der Waals surface area contributed by atoms with Gasteiger partial charge in [0.15, 0.2) is 5.82 Å². The van der Waals surface area contributed by atoms with E-state index in [1.54, 1.807) is 36.1 Å². The summed E-state index contributed by atoms with van der Waals surface area (Å²) in [5.74, 6) is 0.980. The van der Waals surface area contributed by atoms with Crippen LogP contribution in [0.15, 0.2) is 73.1 Å². The first-order valence-electron chi connectivity index (χ1n) is 10.9. The van der Waals surface area contributed by atoms with Crippen molar-refractivity contribution in [2.75, 3.05) is 12.4 Å². The van der Waals surface area contributed by atoms with Crippen molar-refractivity contribution in [3.8, 4) is 23.1 Å². The van der Waals surface area contributed by atoms with Gasteiger partial charge in [0, 0.05) is 43.3 Å². The Hall–Kier alpha value is -4.97.